The van der Waals surface area contributed by atoms with E-state index in [1.54, 1.807) is 12.1 Å². The molecular weight excluding hydrogens is 286 g/mol. The summed E-state index contributed by atoms with van der Waals surface area (Å²) in [6.07, 6.45) is -0.479. The van der Waals surface area contributed by atoms with Crippen LogP contribution in [-0.2, 0) is 6.54 Å². The van der Waals surface area contributed by atoms with Gasteiger partial charge in [0, 0.05) is 38.0 Å². The van der Waals surface area contributed by atoms with Gasteiger partial charge in [0.05, 0.1) is 0 Å². The van der Waals surface area contributed by atoms with E-state index in [4.69, 9.17) is 0 Å². The van der Waals surface area contributed by atoms with E-state index in [2.05, 4.69) is 5.32 Å². The number of piperidine rings is 1. The molecule has 112 valence electrons. The predicted octanol–water partition coefficient (Wildman–Crippen LogP) is 2.70. The number of rotatable bonds is 3. The number of amides is 1. The molecule has 2 rings (SSSR count). The van der Waals surface area contributed by atoms with Crippen LogP contribution in [0, 0.1) is 0 Å². The molecule has 1 aliphatic rings. The van der Waals surface area contributed by atoms with Crippen LogP contribution in [-0.4, -0.2) is 36.9 Å². The van der Waals surface area contributed by atoms with E-state index in [0.29, 0.717) is 5.56 Å². The number of benzene rings is 1. The van der Waals surface area contributed by atoms with E-state index in [-0.39, 0.29) is 44.2 Å². The second-order valence-electron chi connectivity index (χ2n) is 4.88. The fourth-order valence-electron chi connectivity index (χ4n) is 2.19. The molecule has 0 bridgehead atoms. The molecule has 1 amide bonds. The van der Waals surface area contributed by atoms with Gasteiger partial charge in [-0.25, -0.2) is 8.78 Å². The Morgan fingerprint density at radius 2 is 1.80 bits per heavy atom. The second kappa shape index (κ2) is 6.99. The van der Waals surface area contributed by atoms with Crippen LogP contribution in [0.2, 0.25) is 0 Å². The van der Waals surface area contributed by atoms with Gasteiger partial charge in [-0.15, -0.1) is 12.4 Å². The summed E-state index contributed by atoms with van der Waals surface area (Å²) in [6, 6.07) is 7.26. The molecule has 1 N–H and O–H groups in total. The Balaban J connectivity index is 0.00000200. The first-order valence-electron chi connectivity index (χ1n) is 6.42. The molecule has 0 radical (unpaired) electrons. The number of alkyl halides is 2. The number of likely N-dealkylation sites (tertiary alicyclic amines) is 1. The molecule has 1 saturated heterocycles. The standard InChI is InChI=1S/C14H18F2N2O.ClH/c1-17-10-11-2-4-12(5-3-11)13(19)18-8-6-14(15,16)7-9-18;/h2-5,17H,6-10H2,1H3;1H. The van der Waals surface area contributed by atoms with Gasteiger partial charge in [-0.05, 0) is 24.7 Å². The SMILES string of the molecule is CNCc1ccc(C(=O)N2CCC(F)(F)CC2)cc1.Cl. The van der Waals surface area contributed by atoms with Crippen LogP contribution in [0.3, 0.4) is 0 Å². The van der Waals surface area contributed by atoms with Crippen LogP contribution >= 0.6 is 12.4 Å². The van der Waals surface area contributed by atoms with Crippen molar-refractivity contribution in [2.45, 2.75) is 25.3 Å². The monoisotopic (exact) mass is 304 g/mol. The Morgan fingerprint density at radius 3 is 2.30 bits per heavy atom. The maximum absolute atomic E-state index is 13.0. The van der Waals surface area contributed by atoms with Crippen molar-refractivity contribution in [3.63, 3.8) is 0 Å². The largest absolute Gasteiger partial charge is 0.338 e. The van der Waals surface area contributed by atoms with E-state index in [9.17, 15) is 13.6 Å². The Bertz CT molecular complexity index is 441. The Labute approximate surface area is 123 Å². The quantitative estimate of drug-likeness (QED) is 0.931. The molecule has 0 spiro atoms. The van der Waals surface area contributed by atoms with Gasteiger partial charge >= 0.3 is 0 Å². The lowest BCUT2D eigenvalue weighted by molar-refractivity contribution is -0.0494. The first kappa shape index (κ1) is 16.9. The summed E-state index contributed by atoms with van der Waals surface area (Å²) < 4.78 is 26.1. The van der Waals surface area contributed by atoms with Crippen molar-refractivity contribution in [3.8, 4) is 0 Å². The zero-order chi connectivity index (χ0) is 13.9. The summed E-state index contributed by atoms with van der Waals surface area (Å²) >= 11 is 0. The Kier molecular flexibility index (Phi) is 5.89. The second-order valence-corrected chi connectivity index (χ2v) is 4.88. The third-order valence-electron chi connectivity index (χ3n) is 3.36. The molecule has 1 aromatic rings. The first-order chi connectivity index (χ1) is 9.02. The number of hydrogen-bond acceptors (Lipinski definition) is 2. The topological polar surface area (TPSA) is 32.3 Å². The normalized spacial score (nSPS) is 17.4. The van der Waals surface area contributed by atoms with Crippen LogP contribution in [0.25, 0.3) is 0 Å². The molecule has 1 fully saturated rings. The summed E-state index contributed by atoms with van der Waals surface area (Å²) in [4.78, 5) is 13.6. The minimum atomic E-state index is -2.62. The predicted molar refractivity (Wildman–Crippen MR) is 76.5 cm³/mol. The molecule has 0 unspecified atom stereocenters. The summed E-state index contributed by atoms with van der Waals surface area (Å²) in [5.41, 5.74) is 1.65. The van der Waals surface area contributed by atoms with Crippen molar-refractivity contribution >= 4 is 18.3 Å². The van der Waals surface area contributed by atoms with E-state index in [1.807, 2.05) is 19.2 Å². The van der Waals surface area contributed by atoms with Gasteiger partial charge in [-0.1, -0.05) is 12.1 Å². The lowest BCUT2D eigenvalue weighted by Crippen LogP contribution is -2.42. The number of nitrogens with zero attached hydrogens (tertiary/aromatic N) is 1. The third kappa shape index (κ3) is 4.15. The van der Waals surface area contributed by atoms with Gasteiger partial charge in [-0.3, -0.25) is 4.79 Å². The highest BCUT2D eigenvalue weighted by Crippen LogP contribution is 2.28. The van der Waals surface area contributed by atoms with Gasteiger partial charge in [0.2, 0.25) is 0 Å². The van der Waals surface area contributed by atoms with E-state index >= 15 is 0 Å². The fraction of sp³-hybridized carbons (Fsp3) is 0.500. The van der Waals surface area contributed by atoms with Gasteiger partial charge < -0.3 is 10.2 Å². The van der Waals surface area contributed by atoms with Crippen molar-refractivity contribution in [2.75, 3.05) is 20.1 Å². The van der Waals surface area contributed by atoms with Gasteiger partial charge in [0.25, 0.3) is 11.8 Å². The highest BCUT2D eigenvalue weighted by atomic mass is 35.5. The van der Waals surface area contributed by atoms with Crippen LogP contribution in [0.1, 0.15) is 28.8 Å². The number of nitrogens with one attached hydrogen (secondary N) is 1. The summed E-state index contributed by atoms with van der Waals surface area (Å²) in [5, 5.41) is 3.03. The van der Waals surface area contributed by atoms with Gasteiger partial charge in [0.1, 0.15) is 0 Å². The Morgan fingerprint density at radius 1 is 1.25 bits per heavy atom. The molecule has 1 aliphatic heterocycles. The molecule has 20 heavy (non-hydrogen) atoms. The van der Waals surface area contributed by atoms with E-state index in [1.165, 1.54) is 4.90 Å². The molecule has 0 aliphatic carbocycles. The lowest BCUT2D eigenvalue weighted by Gasteiger charge is -2.31. The first-order valence-corrected chi connectivity index (χ1v) is 6.42. The Hall–Kier alpha value is -1.20. The summed E-state index contributed by atoms with van der Waals surface area (Å²) in [5.74, 6) is -2.78. The van der Waals surface area contributed by atoms with E-state index in [0.717, 1.165) is 12.1 Å². The zero-order valence-corrected chi connectivity index (χ0v) is 12.2. The summed E-state index contributed by atoms with van der Waals surface area (Å²) in [6.45, 7) is 0.999. The molecule has 1 heterocycles. The molecule has 6 heteroatoms. The van der Waals surface area contributed by atoms with Crippen molar-refractivity contribution < 1.29 is 13.6 Å². The van der Waals surface area contributed by atoms with Crippen LogP contribution in [0.5, 0.6) is 0 Å². The van der Waals surface area contributed by atoms with Crippen LogP contribution in [0.15, 0.2) is 24.3 Å². The van der Waals surface area contributed by atoms with Gasteiger partial charge in [-0.2, -0.15) is 0 Å². The minimum absolute atomic E-state index is 0. The number of carbonyl (C=O) groups is 1. The highest BCUT2D eigenvalue weighted by Gasteiger charge is 2.35. The molecular formula is C14H19ClF2N2O. The fourth-order valence-corrected chi connectivity index (χ4v) is 2.19. The average Bonchev–Trinajstić information content (AvgIpc) is 2.39. The van der Waals surface area contributed by atoms with E-state index < -0.39 is 5.92 Å². The number of carbonyl (C=O) groups excluding carboxylic acids is 1. The third-order valence-corrected chi connectivity index (χ3v) is 3.36. The number of hydrogen-bond donors (Lipinski definition) is 1. The maximum Gasteiger partial charge on any atom is 0.253 e. The van der Waals surface area contributed by atoms with Gasteiger partial charge in [0.15, 0.2) is 0 Å². The maximum atomic E-state index is 13.0. The minimum Gasteiger partial charge on any atom is -0.338 e. The molecule has 1 aromatic carbocycles. The van der Waals surface area contributed by atoms with Crippen molar-refractivity contribution in [1.29, 1.82) is 0 Å². The van der Waals surface area contributed by atoms with Crippen LogP contribution < -0.4 is 5.32 Å². The lowest BCUT2D eigenvalue weighted by atomic mass is 10.0. The van der Waals surface area contributed by atoms with Crippen molar-refractivity contribution in [2.24, 2.45) is 0 Å². The van der Waals surface area contributed by atoms with Crippen molar-refractivity contribution in [3.05, 3.63) is 35.4 Å². The zero-order valence-electron chi connectivity index (χ0n) is 11.4. The molecule has 0 aromatic heterocycles. The van der Waals surface area contributed by atoms with Crippen LogP contribution in [0.4, 0.5) is 8.78 Å². The average molecular weight is 305 g/mol. The van der Waals surface area contributed by atoms with Crippen molar-refractivity contribution in [1.82, 2.24) is 10.2 Å². The highest BCUT2D eigenvalue weighted by molar-refractivity contribution is 5.94. The summed E-state index contributed by atoms with van der Waals surface area (Å²) in [7, 11) is 1.85. The number of halogens is 3. The smallest absolute Gasteiger partial charge is 0.253 e. The molecule has 0 saturated carbocycles. The molecule has 3 nitrogen and oxygen atoms in total. The molecule has 0 atom stereocenters.